The molecular weight excluding hydrogens is 342 g/mol. The fourth-order valence-corrected chi connectivity index (χ4v) is 1.71. The van der Waals surface area contributed by atoms with Crippen LogP contribution in [0.3, 0.4) is 0 Å². The normalized spacial score (nSPS) is 10.9. The van der Waals surface area contributed by atoms with E-state index in [1.54, 1.807) is 0 Å². The van der Waals surface area contributed by atoms with Gasteiger partial charge in [-0.2, -0.15) is 0 Å². The van der Waals surface area contributed by atoms with Crippen molar-refractivity contribution < 1.29 is 33.3 Å². The van der Waals surface area contributed by atoms with Gasteiger partial charge in [-0.25, -0.2) is 0 Å². The van der Waals surface area contributed by atoms with Crippen LogP contribution in [0.15, 0.2) is 0 Å². The minimum atomic E-state index is -0.0896. The molecule has 0 saturated carbocycles. The molecule has 0 aliphatic carbocycles. The standard InChI is InChI=1S/C18H33NO7/c1-15(2)18(22)14-26-12-9-23-7-4-5-17(21)13-25-11-10-24-8-6-19-16(3)20/h15H,4-14H2,1-3H3,(H,19,20). The van der Waals surface area contributed by atoms with Crippen LogP contribution in [-0.2, 0) is 33.3 Å². The van der Waals surface area contributed by atoms with Crippen LogP contribution in [0.5, 0.6) is 0 Å². The molecule has 8 heteroatoms. The zero-order valence-corrected chi connectivity index (χ0v) is 16.2. The van der Waals surface area contributed by atoms with Crippen molar-refractivity contribution in [1.29, 1.82) is 0 Å². The Hall–Kier alpha value is -1.35. The Morgan fingerprint density at radius 1 is 0.808 bits per heavy atom. The van der Waals surface area contributed by atoms with Crippen LogP contribution >= 0.6 is 0 Å². The van der Waals surface area contributed by atoms with E-state index in [4.69, 9.17) is 18.9 Å². The first-order valence-corrected chi connectivity index (χ1v) is 9.03. The van der Waals surface area contributed by atoms with Crippen molar-refractivity contribution in [2.75, 3.05) is 59.4 Å². The molecule has 0 rings (SSSR count). The molecule has 152 valence electrons. The maximum Gasteiger partial charge on any atom is 0.216 e. The predicted molar refractivity (Wildman–Crippen MR) is 96.0 cm³/mol. The second kappa shape index (κ2) is 17.1. The molecule has 0 bridgehead atoms. The molecule has 8 nitrogen and oxygen atoms in total. The van der Waals surface area contributed by atoms with Gasteiger partial charge in [0.25, 0.3) is 0 Å². The molecular formula is C18H33NO7. The van der Waals surface area contributed by atoms with Crippen LogP contribution < -0.4 is 5.32 Å². The van der Waals surface area contributed by atoms with E-state index in [-0.39, 0.29) is 36.6 Å². The van der Waals surface area contributed by atoms with Gasteiger partial charge >= 0.3 is 0 Å². The number of hydrogen-bond acceptors (Lipinski definition) is 7. The third kappa shape index (κ3) is 17.5. The topological polar surface area (TPSA) is 100 Å². The van der Waals surface area contributed by atoms with Gasteiger partial charge in [-0.15, -0.1) is 0 Å². The van der Waals surface area contributed by atoms with Crippen LogP contribution in [0.1, 0.15) is 33.6 Å². The smallest absolute Gasteiger partial charge is 0.216 e. The summed E-state index contributed by atoms with van der Waals surface area (Å²) in [4.78, 5) is 33.5. The molecule has 0 aromatic carbocycles. The van der Waals surface area contributed by atoms with Crippen molar-refractivity contribution in [1.82, 2.24) is 5.32 Å². The molecule has 0 aromatic heterocycles. The van der Waals surface area contributed by atoms with E-state index in [0.29, 0.717) is 59.0 Å². The highest BCUT2D eigenvalue weighted by molar-refractivity contribution is 5.81. The van der Waals surface area contributed by atoms with E-state index in [1.807, 2.05) is 13.8 Å². The Morgan fingerprint density at radius 3 is 2.00 bits per heavy atom. The van der Waals surface area contributed by atoms with Crippen molar-refractivity contribution >= 4 is 17.5 Å². The molecule has 1 N–H and O–H groups in total. The molecule has 0 unspecified atom stereocenters. The summed E-state index contributed by atoms with van der Waals surface area (Å²) >= 11 is 0. The van der Waals surface area contributed by atoms with Crippen LogP contribution in [0, 0.1) is 5.92 Å². The highest BCUT2D eigenvalue weighted by atomic mass is 16.5. The van der Waals surface area contributed by atoms with E-state index < -0.39 is 0 Å². The van der Waals surface area contributed by atoms with E-state index in [2.05, 4.69) is 5.32 Å². The third-order valence-corrected chi connectivity index (χ3v) is 3.26. The molecule has 26 heavy (non-hydrogen) atoms. The minimum Gasteiger partial charge on any atom is -0.379 e. The first-order chi connectivity index (χ1) is 12.4. The van der Waals surface area contributed by atoms with Crippen LogP contribution in [-0.4, -0.2) is 76.9 Å². The monoisotopic (exact) mass is 375 g/mol. The van der Waals surface area contributed by atoms with E-state index in [9.17, 15) is 14.4 Å². The summed E-state index contributed by atoms with van der Waals surface area (Å²) in [6.45, 7) is 8.17. The highest BCUT2D eigenvalue weighted by Crippen LogP contribution is 1.96. The van der Waals surface area contributed by atoms with Crippen molar-refractivity contribution in [3.05, 3.63) is 0 Å². The third-order valence-electron chi connectivity index (χ3n) is 3.26. The lowest BCUT2D eigenvalue weighted by Gasteiger charge is -2.07. The number of carbonyl (C=O) groups excluding carboxylic acids is 3. The first kappa shape index (κ1) is 24.7. The van der Waals surface area contributed by atoms with E-state index in [1.165, 1.54) is 6.92 Å². The molecule has 0 heterocycles. The molecule has 0 spiro atoms. The molecule has 0 atom stereocenters. The van der Waals surface area contributed by atoms with Gasteiger partial charge in [-0.05, 0) is 6.42 Å². The number of hydrogen-bond donors (Lipinski definition) is 1. The summed E-state index contributed by atoms with van der Waals surface area (Å²) in [6, 6.07) is 0. The Morgan fingerprint density at radius 2 is 1.38 bits per heavy atom. The van der Waals surface area contributed by atoms with Crippen molar-refractivity contribution in [3.63, 3.8) is 0 Å². The number of carbonyl (C=O) groups is 3. The second-order valence-corrected chi connectivity index (χ2v) is 6.08. The molecule has 0 aliphatic heterocycles. The van der Waals surface area contributed by atoms with Gasteiger partial charge in [0.15, 0.2) is 11.6 Å². The van der Waals surface area contributed by atoms with Crippen molar-refractivity contribution in [3.8, 4) is 0 Å². The van der Waals surface area contributed by atoms with Crippen LogP contribution in [0.25, 0.3) is 0 Å². The number of nitrogens with one attached hydrogen (secondary N) is 1. The molecule has 0 aliphatic rings. The van der Waals surface area contributed by atoms with Gasteiger partial charge in [0.1, 0.15) is 13.2 Å². The summed E-state index contributed by atoms with van der Waals surface area (Å²) in [6.07, 6.45) is 1.02. The summed E-state index contributed by atoms with van der Waals surface area (Å²) in [5.41, 5.74) is 0. The molecule has 0 fully saturated rings. The van der Waals surface area contributed by atoms with Gasteiger partial charge in [-0.1, -0.05) is 13.8 Å². The number of Topliss-reactive ketones (excluding diaryl/α,β-unsaturated/α-hetero) is 2. The summed E-state index contributed by atoms with van der Waals surface area (Å²) in [5.74, 6) is -0.00742. The lowest BCUT2D eigenvalue weighted by atomic mass is 10.1. The maximum absolute atomic E-state index is 11.6. The Labute approximate surface area is 155 Å². The summed E-state index contributed by atoms with van der Waals surface area (Å²) in [5, 5.41) is 2.62. The largest absolute Gasteiger partial charge is 0.379 e. The second-order valence-electron chi connectivity index (χ2n) is 6.08. The fraction of sp³-hybridized carbons (Fsp3) is 0.833. The van der Waals surface area contributed by atoms with E-state index >= 15 is 0 Å². The average Bonchev–Trinajstić information content (AvgIpc) is 2.58. The molecule has 0 saturated heterocycles. The van der Waals surface area contributed by atoms with Gasteiger partial charge < -0.3 is 24.3 Å². The van der Waals surface area contributed by atoms with Gasteiger partial charge in [0.05, 0.1) is 33.0 Å². The van der Waals surface area contributed by atoms with Crippen molar-refractivity contribution in [2.24, 2.45) is 5.92 Å². The number of rotatable bonds is 18. The highest BCUT2D eigenvalue weighted by Gasteiger charge is 2.06. The van der Waals surface area contributed by atoms with Gasteiger partial charge in [-0.3, -0.25) is 14.4 Å². The van der Waals surface area contributed by atoms with Crippen LogP contribution in [0.2, 0.25) is 0 Å². The predicted octanol–water partition coefficient (Wildman–Crippen LogP) is 0.763. The Bertz CT molecular complexity index is 399. The first-order valence-electron chi connectivity index (χ1n) is 9.03. The quantitative estimate of drug-likeness (QED) is 0.353. The molecule has 0 radical (unpaired) electrons. The molecule has 1 amide bonds. The Balaban J connectivity index is 3.27. The number of ketones is 2. The fourth-order valence-electron chi connectivity index (χ4n) is 1.71. The van der Waals surface area contributed by atoms with Gasteiger partial charge in [0, 0.05) is 32.4 Å². The Kier molecular flexibility index (Phi) is 16.2. The van der Waals surface area contributed by atoms with Crippen LogP contribution in [0.4, 0.5) is 0 Å². The lowest BCUT2D eigenvalue weighted by molar-refractivity contribution is -0.127. The average molecular weight is 375 g/mol. The SMILES string of the molecule is CC(=O)NCCOCCOCC(=O)CCCOCCOCC(=O)C(C)C. The maximum atomic E-state index is 11.6. The summed E-state index contributed by atoms with van der Waals surface area (Å²) < 4.78 is 21.0. The zero-order chi connectivity index (χ0) is 19.6. The molecule has 0 aromatic rings. The number of amides is 1. The summed E-state index contributed by atoms with van der Waals surface area (Å²) in [7, 11) is 0. The lowest BCUT2D eigenvalue weighted by Crippen LogP contribution is -2.25. The zero-order valence-electron chi connectivity index (χ0n) is 16.2. The van der Waals surface area contributed by atoms with E-state index in [0.717, 1.165) is 0 Å². The van der Waals surface area contributed by atoms with Gasteiger partial charge in [0.2, 0.25) is 5.91 Å². The number of ether oxygens (including phenoxy) is 4. The van der Waals surface area contributed by atoms with Crippen molar-refractivity contribution in [2.45, 2.75) is 33.6 Å². The minimum absolute atomic E-state index is 0.0144.